The van der Waals surface area contributed by atoms with Crippen LogP contribution in [0.15, 0.2) is 18.3 Å². The van der Waals surface area contributed by atoms with E-state index in [0.29, 0.717) is 12.0 Å². The first-order valence-corrected chi connectivity index (χ1v) is 5.78. The number of hydrogen-bond acceptors (Lipinski definition) is 5. The van der Waals surface area contributed by atoms with E-state index in [-0.39, 0.29) is 5.25 Å². The zero-order valence-electron chi connectivity index (χ0n) is 7.21. The van der Waals surface area contributed by atoms with E-state index in [1.165, 1.54) is 10.8 Å². The number of nitriles is 2. The van der Waals surface area contributed by atoms with E-state index in [1.54, 1.807) is 18.3 Å². The van der Waals surface area contributed by atoms with Crippen LogP contribution >= 0.6 is 22.5 Å². The number of thiol groups is 1. The fraction of sp³-hybridized carbons (Fsp3) is 0.222. The Balaban J connectivity index is 2.94. The number of pyridine rings is 1. The molecule has 0 spiro atoms. The summed E-state index contributed by atoms with van der Waals surface area (Å²) >= 11 is 4.07. The van der Waals surface area contributed by atoms with Gasteiger partial charge in [-0.1, -0.05) is 10.8 Å². The van der Waals surface area contributed by atoms with E-state index >= 15 is 0 Å². The van der Waals surface area contributed by atoms with Crippen molar-refractivity contribution in [2.24, 2.45) is 0 Å². The van der Waals surface area contributed by atoms with Crippen molar-refractivity contribution in [2.45, 2.75) is 11.7 Å². The zero-order chi connectivity index (χ0) is 10.4. The maximum Gasteiger partial charge on any atom is 0.0992 e. The minimum absolute atomic E-state index is 0.0726. The summed E-state index contributed by atoms with van der Waals surface area (Å²) in [6.45, 7) is 0. The number of hydrogen-bond donors (Lipinski definition) is 1. The van der Waals surface area contributed by atoms with Crippen LogP contribution in [-0.2, 0) is 0 Å². The molecule has 0 aliphatic rings. The van der Waals surface area contributed by atoms with Gasteiger partial charge in [-0.2, -0.15) is 10.5 Å². The fourth-order valence-electron chi connectivity index (χ4n) is 0.973. The predicted molar refractivity (Wildman–Crippen MR) is 58.5 cm³/mol. The molecule has 0 bridgehead atoms. The quantitative estimate of drug-likeness (QED) is 0.629. The molecule has 70 valence electrons. The van der Waals surface area contributed by atoms with Crippen molar-refractivity contribution < 1.29 is 0 Å². The highest BCUT2D eigenvalue weighted by Gasteiger charge is 2.11. The second-order valence-corrected chi connectivity index (χ2v) is 3.95. The van der Waals surface area contributed by atoms with Crippen molar-refractivity contribution in [3.05, 3.63) is 29.6 Å². The van der Waals surface area contributed by atoms with Crippen molar-refractivity contribution in [3.63, 3.8) is 0 Å². The van der Waals surface area contributed by atoms with Crippen LogP contribution in [0.4, 0.5) is 0 Å². The molecule has 1 atom stereocenters. The Morgan fingerprint density at radius 2 is 2.36 bits per heavy atom. The van der Waals surface area contributed by atoms with Gasteiger partial charge in [0.25, 0.3) is 0 Å². The average Bonchev–Trinajstić information content (AvgIpc) is 2.26. The molecule has 0 radical (unpaired) electrons. The predicted octanol–water partition coefficient (Wildman–Crippen LogP) is 2.49. The number of rotatable bonds is 3. The molecule has 1 aromatic heterocycles. The zero-order valence-corrected chi connectivity index (χ0v) is 8.92. The summed E-state index contributed by atoms with van der Waals surface area (Å²) in [4.78, 5) is 4.11. The highest BCUT2D eigenvalue weighted by atomic mass is 33.1. The van der Waals surface area contributed by atoms with Gasteiger partial charge in [0.1, 0.15) is 0 Å². The molecule has 0 aliphatic carbocycles. The normalized spacial score (nSPS) is 11.4. The molecular formula is C9H7N3S2. The van der Waals surface area contributed by atoms with Crippen molar-refractivity contribution in [2.75, 3.05) is 0 Å². The van der Waals surface area contributed by atoms with Gasteiger partial charge in [0.05, 0.1) is 35.1 Å². The van der Waals surface area contributed by atoms with E-state index in [4.69, 9.17) is 10.5 Å². The summed E-state index contributed by atoms with van der Waals surface area (Å²) in [5.74, 6) is 0. The van der Waals surface area contributed by atoms with E-state index in [1.807, 2.05) is 6.07 Å². The van der Waals surface area contributed by atoms with Crippen molar-refractivity contribution in [1.82, 2.24) is 4.98 Å². The van der Waals surface area contributed by atoms with E-state index in [9.17, 15) is 0 Å². The molecule has 0 saturated heterocycles. The highest BCUT2D eigenvalue weighted by Crippen LogP contribution is 2.32. The summed E-state index contributed by atoms with van der Waals surface area (Å²) < 4.78 is 0. The Hall–Kier alpha value is -1.17. The first kappa shape index (κ1) is 10.9. The summed E-state index contributed by atoms with van der Waals surface area (Å²) in [6.07, 6.45) is 1.91. The lowest BCUT2D eigenvalue weighted by Crippen LogP contribution is -1.95. The van der Waals surface area contributed by atoms with Crippen LogP contribution in [0.1, 0.15) is 22.9 Å². The Morgan fingerprint density at radius 1 is 1.57 bits per heavy atom. The van der Waals surface area contributed by atoms with Gasteiger partial charge in [-0.25, -0.2) is 0 Å². The minimum atomic E-state index is -0.0726. The summed E-state index contributed by atoms with van der Waals surface area (Å²) in [6, 6.07) is 7.41. The maximum atomic E-state index is 8.68. The Bertz CT molecular complexity index is 392. The standard InChI is InChI=1S/C9H7N3S2/c10-3-1-9(14-13)8-5-7(6-11)2-4-12-8/h2,4-5,9,13H,1H2. The van der Waals surface area contributed by atoms with E-state index < -0.39 is 0 Å². The highest BCUT2D eigenvalue weighted by molar-refractivity contribution is 8.68. The van der Waals surface area contributed by atoms with Gasteiger partial charge in [-0.15, -0.1) is 11.7 Å². The summed E-state index contributed by atoms with van der Waals surface area (Å²) in [5.41, 5.74) is 1.28. The molecule has 3 nitrogen and oxygen atoms in total. The third-order valence-corrected chi connectivity index (χ3v) is 3.07. The largest absolute Gasteiger partial charge is 0.260 e. The van der Waals surface area contributed by atoms with Crippen molar-refractivity contribution >= 4 is 22.5 Å². The van der Waals surface area contributed by atoms with Crippen LogP contribution in [0.5, 0.6) is 0 Å². The minimum Gasteiger partial charge on any atom is -0.260 e. The fourth-order valence-corrected chi connectivity index (χ4v) is 1.91. The molecule has 0 amide bonds. The van der Waals surface area contributed by atoms with Crippen LogP contribution in [0.2, 0.25) is 0 Å². The topological polar surface area (TPSA) is 60.5 Å². The summed E-state index contributed by atoms with van der Waals surface area (Å²) in [5, 5.41) is 17.2. The first-order chi connectivity index (χ1) is 6.81. The van der Waals surface area contributed by atoms with Gasteiger partial charge in [0.15, 0.2) is 0 Å². The van der Waals surface area contributed by atoms with Crippen LogP contribution in [0.3, 0.4) is 0 Å². The number of nitrogens with zero attached hydrogens (tertiary/aromatic N) is 3. The van der Waals surface area contributed by atoms with Gasteiger partial charge in [-0.05, 0) is 12.1 Å². The van der Waals surface area contributed by atoms with Crippen LogP contribution in [0.25, 0.3) is 0 Å². The lowest BCUT2D eigenvalue weighted by atomic mass is 10.2. The molecule has 1 aromatic rings. The van der Waals surface area contributed by atoms with Crippen LogP contribution in [-0.4, -0.2) is 4.98 Å². The summed E-state index contributed by atoms with van der Waals surface area (Å²) in [7, 11) is 1.27. The van der Waals surface area contributed by atoms with Gasteiger partial charge in [0, 0.05) is 6.20 Å². The van der Waals surface area contributed by atoms with E-state index in [0.717, 1.165) is 5.69 Å². The van der Waals surface area contributed by atoms with Gasteiger partial charge in [-0.3, -0.25) is 4.98 Å². The molecule has 5 heteroatoms. The molecule has 0 N–H and O–H groups in total. The molecule has 0 aromatic carbocycles. The monoisotopic (exact) mass is 221 g/mol. The smallest absolute Gasteiger partial charge is 0.0992 e. The van der Waals surface area contributed by atoms with Gasteiger partial charge >= 0.3 is 0 Å². The Kier molecular flexibility index (Phi) is 4.31. The molecule has 0 saturated carbocycles. The van der Waals surface area contributed by atoms with Gasteiger partial charge in [0.2, 0.25) is 0 Å². The molecule has 1 rings (SSSR count). The third-order valence-electron chi connectivity index (χ3n) is 1.64. The third kappa shape index (κ3) is 2.66. The molecule has 1 heterocycles. The lowest BCUT2D eigenvalue weighted by molar-refractivity contribution is 0.929. The Labute approximate surface area is 91.6 Å². The van der Waals surface area contributed by atoms with Crippen molar-refractivity contribution in [3.8, 4) is 12.1 Å². The molecule has 1 unspecified atom stereocenters. The second kappa shape index (κ2) is 5.54. The second-order valence-electron chi connectivity index (χ2n) is 2.54. The van der Waals surface area contributed by atoms with Crippen LogP contribution < -0.4 is 0 Å². The van der Waals surface area contributed by atoms with Crippen LogP contribution in [0, 0.1) is 22.7 Å². The molecular weight excluding hydrogens is 214 g/mol. The lowest BCUT2D eigenvalue weighted by Gasteiger charge is -2.08. The Morgan fingerprint density at radius 3 is 2.93 bits per heavy atom. The van der Waals surface area contributed by atoms with Crippen molar-refractivity contribution in [1.29, 1.82) is 10.5 Å². The maximum absolute atomic E-state index is 8.68. The van der Waals surface area contributed by atoms with Gasteiger partial charge < -0.3 is 0 Å². The average molecular weight is 221 g/mol. The molecule has 0 fully saturated rings. The molecule has 14 heavy (non-hydrogen) atoms. The molecule has 0 aliphatic heterocycles. The number of aromatic nitrogens is 1. The van der Waals surface area contributed by atoms with E-state index in [2.05, 4.69) is 22.7 Å². The SMILES string of the molecule is N#CCC(SS)c1cc(C#N)ccn1. The first-order valence-electron chi connectivity index (χ1n) is 3.85.